The Morgan fingerprint density at radius 2 is 1.95 bits per heavy atom. The molecule has 0 radical (unpaired) electrons. The number of hydrogen-bond donors (Lipinski definition) is 2. The lowest BCUT2D eigenvalue weighted by Gasteiger charge is -2.26. The molecule has 1 aromatic carbocycles. The molecule has 5 heteroatoms. The summed E-state index contributed by atoms with van der Waals surface area (Å²) in [5.41, 5.74) is -0.989. The molecular weight excluding hydrogens is 252 g/mol. The van der Waals surface area contributed by atoms with E-state index in [9.17, 15) is 13.9 Å². The Hall–Kier alpha value is -1.04. The minimum absolute atomic E-state index is 0.00922. The first-order chi connectivity index (χ1) is 8.87. The summed E-state index contributed by atoms with van der Waals surface area (Å²) in [6.45, 7) is 3.97. The lowest BCUT2D eigenvalue weighted by Crippen LogP contribution is -2.40. The fraction of sp³-hybridized carbons (Fsp3) is 0.571. The molecule has 0 saturated carbocycles. The molecule has 108 valence electrons. The molecule has 0 aliphatic carbocycles. The third kappa shape index (κ3) is 4.86. The molecule has 0 bridgehead atoms. The van der Waals surface area contributed by atoms with E-state index >= 15 is 0 Å². The van der Waals surface area contributed by atoms with Crippen molar-refractivity contribution in [3.63, 3.8) is 0 Å². The topological polar surface area (TPSA) is 41.5 Å². The van der Waals surface area contributed by atoms with Gasteiger partial charge in [0.1, 0.15) is 11.6 Å². The number of ether oxygens (including phenoxy) is 1. The van der Waals surface area contributed by atoms with Gasteiger partial charge in [0.25, 0.3) is 0 Å². The van der Waals surface area contributed by atoms with Crippen molar-refractivity contribution < 1.29 is 18.6 Å². The van der Waals surface area contributed by atoms with Gasteiger partial charge in [-0.15, -0.1) is 0 Å². The van der Waals surface area contributed by atoms with Gasteiger partial charge in [0, 0.05) is 38.3 Å². The Labute approximate surface area is 112 Å². The average Bonchev–Trinajstić information content (AvgIpc) is 2.34. The number of benzene rings is 1. The number of hydrogen-bond acceptors (Lipinski definition) is 3. The van der Waals surface area contributed by atoms with Crippen LogP contribution in [0.15, 0.2) is 18.2 Å². The first-order valence-corrected chi connectivity index (χ1v) is 6.26. The van der Waals surface area contributed by atoms with Crippen molar-refractivity contribution in [1.82, 2.24) is 5.32 Å². The molecule has 19 heavy (non-hydrogen) atoms. The van der Waals surface area contributed by atoms with E-state index in [0.29, 0.717) is 13.0 Å². The van der Waals surface area contributed by atoms with E-state index in [-0.39, 0.29) is 12.1 Å². The van der Waals surface area contributed by atoms with E-state index < -0.39 is 23.3 Å². The van der Waals surface area contributed by atoms with Crippen molar-refractivity contribution in [3.8, 4) is 0 Å². The molecule has 1 rings (SSSR count). The molecular formula is C14H21F2NO2. The van der Waals surface area contributed by atoms with E-state index in [0.717, 1.165) is 0 Å². The number of nitrogens with one attached hydrogen (secondary N) is 1. The SMILES string of the molecule is COCCC(C)(O)CNC(C)c1c(F)cccc1F. The van der Waals surface area contributed by atoms with Crippen LogP contribution in [-0.4, -0.2) is 31.0 Å². The van der Waals surface area contributed by atoms with E-state index in [1.165, 1.54) is 18.2 Å². The van der Waals surface area contributed by atoms with Gasteiger partial charge in [0.05, 0.1) is 5.60 Å². The quantitative estimate of drug-likeness (QED) is 0.801. The van der Waals surface area contributed by atoms with Gasteiger partial charge in [0.2, 0.25) is 0 Å². The minimum atomic E-state index is -0.980. The summed E-state index contributed by atoms with van der Waals surface area (Å²) in [6, 6.07) is 3.25. The van der Waals surface area contributed by atoms with Crippen LogP contribution < -0.4 is 5.32 Å². The molecule has 2 N–H and O–H groups in total. The van der Waals surface area contributed by atoms with Gasteiger partial charge in [-0.25, -0.2) is 8.78 Å². The Balaban J connectivity index is 2.63. The van der Waals surface area contributed by atoms with Crippen molar-refractivity contribution in [3.05, 3.63) is 35.4 Å². The fourth-order valence-electron chi connectivity index (χ4n) is 1.81. The van der Waals surface area contributed by atoms with E-state index in [2.05, 4.69) is 5.32 Å². The smallest absolute Gasteiger partial charge is 0.130 e. The van der Waals surface area contributed by atoms with Crippen molar-refractivity contribution >= 4 is 0 Å². The summed E-state index contributed by atoms with van der Waals surface area (Å²) < 4.78 is 32.0. The molecule has 1 aromatic rings. The summed E-state index contributed by atoms with van der Waals surface area (Å²) in [7, 11) is 1.56. The summed E-state index contributed by atoms with van der Waals surface area (Å²) >= 11 is 0. The third-order valence-electron chi connectivity index (χ3n) is 3.07. The predicted molar refractivity (Wildman–Crippen MR) is 69.9 cm³/mol. The molecule has 0 saturated heterocycles. The third-order valence-corrected chi connectivity index (χ3v) is 3.07. The molecule has 2 atom stereocenters. The van der Waals surface area contributed by atoms with E-state index in [4.69, 9.17) is 4.74 Å². The standard InChI is InChI=1S/C14H21F2NO2/c1-10(13-11(15)5-4-6-12(13)16)17-9-14(2,18)7-8-19-3/h4-6,10,17-18H,7-9H2,1-3H3. The monoisotopic (exact) mass is 273 g/mol. The molecule has 0 aliphatic heterocycles. The maximum Gasteiger partial charge on any atom is 0.130 e. The first-order valence-electron chi connectivity index (χ1n) is 6.26. The zero-order chi connectivity index (χ0) is 14.5. The average molecular weight is 273 g/mol. The zero-order valence-electron chi connectivity index (χ0n) is 11.5. The van der Waals surface area contributed by atoms with Crippen LogP contribution in [0.2, 0.25) is 0 Å². The van der Waals surface area contributed by atoms with Crippen LogP contribution in [0, 0.1) is 11.6 Å². The number of rotatable bonds is 7. The van der Waals surface area contributed by atoms with Crippen LogP contribution >= 0.6 is 0 Å². The van der Waals surface area contributed by atoms with Gasteiger partial charge in [-0.1, -0.05) is 6.07 Å². The van der Waals surface area contributed by atoms with Gasteiger partial charge in [-0.05, 0) is 26.0 Å². The second-order valence-corrected chi connectivity index (χ2v) is 4.98. The minimum Gasteiger partial charge on any atom is -0.389 e. The second-order valence-electron chi connectivity index (χ2n) is 4.98. The molecule has 2 unspecified atom stereocenters. The molecule has 0 heterocycles. The van der Waals surface area contributed by atoms with Crippen LogP contribution in [0.25, 0.3) is 0 Å². The lowest BCUT2D eigenvalue weighted by molar-refractivity contribution is 0.0229. The van der Waals surface area contributed by atoms with Crippen molar-refractivity contribution in [2.75, 3.05) is 20.3 Å². The van der Waals surface area contributed by atoms with Crippen LogP contribution in [-0.2, 0) is 4.74 Å². The molecule has 0 spiro atoms. The summed E-state index contributed by atoms with van der Waals surface area (Å²) in [4.78, 5) is 0. The zero-order valence-corrected chi connectivity index (χ0v) is 11.5. The van der Waals surface area contributed by atoms with Gasteiger partial charge >= 0.3 is 0 Å². The van der Waals surface area contributed by atoms with Crippen molar-refractivity contribution in [1.29, 1.82) is 0 Å². The maximum absolute atomic E-state index is 13.6. The highest BCUT2D eigenvalue weighted by Gasteiger charge is 2.22. The van der Waals surface area contributed by atoms with E-state index in [1.54, 1.807) is 21.0 Å². The number of halogens is 2. The van der Waals surface area contributed by atoms with Gasteiger partial charge in [-0.3, -0.25) is 0 Å². The number of methoxy groups -OCH3 is 1. The van der Waals surface area contributed by atoms with Crippen LogP contribution in [0.5, 0.6) is 0 Å². The summed E-state index contributed by atoms with van der Waals surface area (Å²) in [5.74, 6) is -1.17. The van der Waals surface area contributed by atoms with Gasteiger partial charge in [-0.2, -0.15) is 0 Å². The molecule has 0 amide bonds. The van der Waals surface area contributed by atoms with E-state index in [1.807, 2.05) is 0 Å². The maximum atomic E-state index is 13.6. The Morgan fingerprint density at radius 1 is 1.37 bits per heavy atom. The van der Waals surface area contributed by atoms with Crippen molar-refractivity contribution in [2.24, 2.45) is 0 Å². The molecule has 0 aliphatic rings. The van der Waals surface area contributed by atoms with Gasteiger partial charge in [0.15, 0.2) is 0 Å². The predicted octanol–water partition coefficient (Wildman–Crippen LogP) is 2.40. The van der Waals surface area contributed by atoms with Gasteiger partial charge < -0.3 is 15.2 Å². The van der Waals surface area contributed by atoms with Crippen molar-refractivity contribution in [2.45, 2.75) is 31.9 Å². The van der Waals surface area contributed by atoms with Crippen LogP contribution in [0.3, 0.4) is 0 Å². The Kier molecular flexibility index (Phi) is 5.85. The fourth-order valence-corrected chi connectivity index (χ4v) is 1.81. The van der Waals surface area contributed by atoms with Crippen LogP contribution in [0.1, 0.15) is 31.9 Å². The number of aliphatic hydroxyl groups is 1. The highest BCUT2D eigenvalue weighted by Crippen LogP contribution is 2.21. The molecule has 0 fully saturated rings. The lowest BCUT2D eigenvalue weighted by atomic mass is 10.0. The first kappa shape index (κ1) is 16.0. The molecule has 0 aromatic heterocycles. The highest BCUT2D eigenvalue weighted by atomic mass is 19.1. The van der Waals surface area contributed by atoms with Crippen LogP contribution in [0.4, 0.5) is 8.78 Å². The highest BCUT2D eigenvalue weighted by molar-refractivity contribution is 5.22. The summed E-state index contributed by atoms with van der Waals surface area (Å²) in [5, 5.41) is 13.0. The normalized spacial score (nSPS) is 16.1. The largest absolute Gasteiger partial charge is 0.389 e. The summed E-state index contributed by atoms with van der Waals surface area (Å²) in [6.07, 6.45) is 0.447. The Bertz CT molecular complexity index is 390. The Morgan fingerprint density at radius 3 is 2.47 bits per heavy atom. The molecule has 3 nitrogen and oxygen atoms in total. The second kappa shape index (κ2) is 6.93.